The third-order valence-electron chi connectivity index (χ3n) is 2.67. The summed E-state index contributed by atoms with van der Waals surface area (Å²) < 4.78 is 0. The molecule has 1 heterocycles. The predicted molar refractivity (Wildman–Crippen MR) is 62.8 cm³/mol. The van der Waals surface area contributed by atoms with Crippen molar-refractivity contribution in [2.75, 3.05) is 11.9 Å². The number of hydrogen-bond acceptors (Lipinski definition) is 4. The lowest BCUT2D eigenvalue weighted by molar-refractivity contribution is 0.460. The van der Waals surface area contributed by atoms with Crippen LogP contribution in [0.1, 0.15) is 32.3 Å². The second-order valence-electron chi connectivity index (χ2n) is 4.16. The summed E-state index contributed by atoms with van der Waals surface area (Å²) in [4.78, 5) is 8.46. The lowest BCUT2D eigenvalue weighted by atomic mass is 9.95. The predicted octanol–water partition coefficient (Wildman–Crippen LogP) is 1.71. The van der Waals surface area contributed by atoms with Gasteiger partial charge in [-0.15, -0.1) is 0 Å². The highest BCUT2D eigenvalue weighted by atomic mass is 15.1. The van der Waals surface area contributed by atoms with Crippen molar-refractivity contribution in [1.29, 1.82) is 0 Å². The SMILES string of the molecule is CCC(C)(CCN)Nc1ncc(C)cn1. The lowest BCUT2D eigenvalue weighted by Gasteiger charge is -2.29. The van der Waals surface area contributed by atoms with Crippen LogP contribution in [-0.2, 0) is 0 Å². The van der Waals surface area contributed by atoms with Crippen molar-refractivity contribution < 1.29 is 0 Å². The van der Waals surface area contributed by atoms with E-state index in [0.717, 1.165) is 18.4 Å². The van der Waals surface area contributed by atoms with Crippen LogP contribution in [0.3, 0.4) is 0 Å². The van der Waals surface area contributed by atoms with Gasteiger partial charge in [-0.1, -0.05) is 6.92 Å². The number of hydrogen-bond donors (Lipinski definition) is 2. The Kier molecular flexibility index (Phi) is 4.03. The van der Waals surface area contributed by atoms with Crippen molar-refractivity contribution in [2.45, 2.75) is 39.2 Å². The molecule has 0 spiro atoms. The van der Waals surface area contributed by atoms with E-state index in [9.17, 15) is 0 Å². The van der Waals surface area contributed by atoms with Crippen LogP contribution >= 0.6 is 0 Å². The van der Waals surface area contributed by atoms with Crippen LogP contribution in [0.5, 0.6) is 0 Å². The van der Waals surface area contributed by atoms with Crippen LogP contribution in [0.25, 0.3) is 0 Å². The zero-order valence-electron chi connectivity index (χ0n) is 9.75. The fraction of sp³-hybridized carbons (Fsp3) is 0.636. The monoisotopic (exact) mass is 208 g/mol. The molecule has 1 aromatic rings. The highest BCUT2D eigenvalue weighted by Gasteiger charge is 2.21. The van der Waals surface area contributed by atoms with Gasteiger partial charge in [-0.05, 0) is 38.8 Å². The summed E-state index contributed by atoms with van der Waals surface area (Å²) in [6.45, 7) is 6.92. The van der Waals surface area contributed by atoms with Gasteiger partial charge in [0.2, 0.25) is 5.95 Å². The largest absolute Gasteiger partial charge is 0.349 e. The second-order valence-corrected chi connectivity index (χ2v) is 4.16. The Hall–Kier alpha value is -1.16. The Labute approximate surface area is 91.3 Å². The number of aromatic nitrogens is 2. The van der Waals surface area contributed by atoms with Crippen LogP contribution in [0.2, 0.25) is 0 Å². The van der Waals surface area contributed by atoms with E-state index in [1.807, 2.05) is 19.3 Å². The number of rotatable bonds is 5. The van der Waals surface area contributed by atoms with E-state index in [1.165, 1.54) is 0 Å². The fourth-order valence-corrected chi connectivity index (χ4v) is 1.37. The van der Waals surface area contributed by atoms with E-state index < -0.39 is 0 Å². The number of anilines is 1. The summed E-state index contributed by atoms with van der Waals surface area (Å²) in [6, 6.07) is 0. The molecule has 0 radical (unpaired) electrons. The average molecular weight is 208 g/mol. The molecule has 1 rings (SSSR count). The van der Waals surface area contributed by atoms with Gasteiger partial charge in [0, 0.05) is 17.9 Å². The maximum absolute atomic E-state index is 5.59. The molecule has 3 N–H and O–H groups in total. The summed E-state index contributed by atoms with van der Waals surface area (Å²) in [5.41, 5.74) is 6.64. The third kappa shape index (κ3) is 3.47. The quantitative estimate of drug-likeness (QED) is 0.773. The molecule has 0 bridgehead atoms. The minimum Gasteiger partial charge on any atom is -0.349 e. The number of nitrogens with one attached hydrogen (secondary N) is 1. The molecule has 0 amide bonds. The van der Waals surface area contributed by atoms with Crippen LogP contribution in [-0.4, -0.2) is 22.1 Å². The van der Waals surface area contributed by atoms with Crippen LogP contribution < -0.4 is 11.1 Å². The van der Waals surface area contributed by atoms with Gasteiger partial charge in [0.15, 0.2) is 0 Å². The normalized spacial score (nSPS) is 14.7. The van der Waals surface area contributed by atoms with E-state index in [-0.39, 0.29) is 5.54 Å². The van der Waals surface area contributed by atoms with Gasteiger partial charge in [0.25, 0.3) is 0 Å². The van der Waals surface area contributed by atoms with Gasteiger partial charge in [0.05, 0.1) is 0 Å². The molecular weight excluding hydrogens is 188 g/mol. The zero-order valence-corrected chi connectivity index (χ0v) is 9.75. The second kappa shape index (κ2) is 5.07. The van der Waals surface area contributed by atoms with Crippen molar-refractivity contribution in [3.05, 3.63) is 18.0 Å². The summed E-state index contributed by atoms with van der Waals surface area (Å²) >= 11 is 0. The van der Waals surface area contributed by atoms with E-state index in [4.69, 9.17) is 5.73 Å². The van der Waals surface area contributed by atoms with E-state index >= 15 is 0 Å². The maximum Gasteiger partial charge on any atom is 0.223 e. The van der Waals surface area contributed by atoms with Crippen LogP contribution in [0, 0.1) is 6.92 Å². The lowest BCUT2D eigenvalue weighted by Crippen LogP contribution is -2.37. The van der Waals surface area contributed by atoms with E-state index in [2.05, 4.69) is 29.1 Å². The molecule has 0 aliphatic heterocycles. The van der Waals surface area contributed by atoms with Crippen molar-refractivity contribution in [3.63, 3.8) is 0 Å². The highest BCUT2D eigenvalue weighted by molar-refractivity contribution is 5.28. The first-order chi connectivity index (χ1) is 7.09. The highest BCUT2D eigenvalue weighted by Crippen LogP contribution is 2.18. The molecule has 1 atom stereocenters. The van der Waals surface area contributed by atoms with Gasteiger partial charge in [-0.25, -0.2) is 9.97 Å². The summed E-state index contributed by atoms with van der Waals surface area (Å²) in [5, 5.41) is 3.33. The van der Waals surface area contributed by atoms with Crippen molar-refractivity contribution in [2.24, 2.45) is 5.73 Å². The molecule has 0 saturated carbocycles. The number of aryl methyl sites for hydroxylation is 1. The minimum absolute atomic E-state index is 0.00991. The van der Waals surface area contributed by atoms with E-state index in [0.29, 0.717) is 12.5 Å². The molecule has 0 aromatic carbocycles. The van der Waals surface area contributed by atoms with Gasteiger partial charge < -0.3 is 11.1 Å². The van der Waals surface area contributed by atoms with Crippen molar-refractivity contribution in [1.82, 2.24) is 9.97 Å². The smallest absolute Gasteiger partial charge is 0.223 e. The fourth-order valence-electron chi connectivity index (χ4n) is 1.37. The topological polar surface area (TPSA) is 63.8 Å². The first-order valence-electron chi connectivity index (χ1n) is 5.36. The first kappa shape index (κ1) is 11.9. The maximum atomic E-state index is 5.59. The number of nitrogens with zero attached hydrogens (tertiary/aromatic N) is 2. The summed E-state index contributed by atoms with van der Waals surface area (Å²) in [7, 11) is 0. The molecule has 0 aliphatic rings. The molecule has 1 unspecified atom stereocenters. The Morgan fingerprint density at radius 2 is 2.00 bits per heavy atom. The van der Waals surface area contributed by atoms with Gasteiger partial charge in [0.1, 0.15) is 0 Å². The van der Waals surface area contributed by atoms with Gasteiger partial charge in [-0.2, -0.15) is 0 Å². The third-order valence-corrected chi connectivity index (χ3v) is 2.67. The molecule has 1 aromatic heterocycles. The van der Waals surface area contributed by atoms with Gasteiger partial charge in [-0.3, -0.25) is 0 Å². The minimum atomic E-state index is -0.00991. The standard InChI is InChI=1S/C11H20N4/c1-4-11(3,5-6-12)15-10-13-7-9(2)8-14-10/h7-8H,4-6,12H2,1-3H3,(H,13,14,15). The Balaban J connectivity index is 2.70. The molecular formula is C11H20N4. The molecule has 0 fully saturated rings. The summed E-state index contributed by atoms with van der Waals surface area (Å²) in [5.74, 6) is 0.679. The molecule has 4 heteroatoms. The molecule has 0 aliphatic carbocycles. The first-order valence-corrected chi connectivity index (χ1v) is 5.36. The summed E-state index contributed by atoms with van der Waals surface area (Å²) in [6.07, 6.45) is 5.55. The molecule has 84 valence electrons. The molecule has 4 nitrogen and oxygen atoms in total. The molecule has 15 heavy (non-hydrogen) atoms. The van der Waals surface area contributed by atoms with Crippen LogP contribution in [0.15, 0.2) is 12.4 Å². The van der Waals surface area contributed by atoms with Crippen molar-refractivity contribution >= 4 is 5.95 Å². The Morgan fingerprint density at radius 1 is 1.40 bits per heavy atom. The van der Waals surface area contributed by atoms with E-state index in [1.54, 1.807) is 0 Å². The average Bonchev–Trinajstić information content (AvgIpc) is 2.22. The zero-order chi connectivity index (χ0) is 11.3. The van der Waals surface area contributed by atoms with Gasteiger partial charge >= 0.3 is 0 Å². The van der Waals surface area contributed by atoms with Crippen LogP contribution in [0.4, 0.5) is 5.95 Å². The van der Waals surface area contributed by atoms with Crippen molar-refractivity contribution in [3.8, 4) is 0 Å². The molecule has 0 saturated heterocycles. The Morgan fingerprint density at radius 3 is 2.47 bits per heavy atom. The Bertz CT molecular complexity index is 296. The number of nitrogens with two attached hydrogens (primary N) is 1.